The van der Waals surface area contributed by atoms with E-state index in [1.165, 1.54) is 0 Å². The number of fused-ring (bicyclic) bond motifs is 1. The smallest absolute Gasteiger partial charge is 0.254 e. The highest BCUT2D eigenvalue weighted by molar-refractivity contribution is 5.97. The Bertz CT molecular complexity index is 917. The standard InChI is InChI=1S/C16H14N4O2/c1-10-13(15(17)22)14(21)12-6-4-8-19-16(12)20(10)9-11-5-2-3-7-18-11/h2-8H,9H2,1H3,(H2,17,22). The number of pyridine rings is 3. The van der Waals surface area contributed by atoms with E-state index in [0.29, 0.717) is 23.3 Å². The van der Waals surface area contributed by atoms with Gasteiger partial charge in [-0.05, 0) is 31.2 Å². The molecule has 110 valence electrons. The van der Waals surface area contributed by atoms with Gasteiger partial charge < -0.3 is 10.3 Å². The monoisotopic (exact) mass is 294 g/mol. The summed E-state index contributed by atoms with van der Waals surface area (Å²) < 4.78 is 1.79. The lowest BCUT2D eigenvalue weighted by atomic mass is 10.1. The zero-order valence-corrected chi connectivity index (χ0v) is 12.0. The van der Waals surface area contributed by atoms with Crippen molar-refractivity contribution < 1.29 is 4.79 Å². The Labute approximate surface area is 126 Å². The molecule has 0 aliphatic carbocycles. The molecule has 0 atom stereocenters. The van der Waals surface area contributed by atoms with Crippen LogP contribution in [0, 0.1) is 6.92 Å². The molecule has 6 nitrogen and oxygen atoms in total. The number of nitrogens with zero attached hydrogens (tertiary/aromatic N) is 3. The quantitative estimate of drug-likeness (QED) is 0.787. The second kappa shape index (κ2) is 5.40. The zero-order valence-electron chi connectivity index (χ0n) is 12.0. The summed E-state index contributed by atoms with van der Waals surface area (Å²) in [4.78, 5) is 32.6. The summed E-state index contributed by atoms with van der Waals surface area (Å²) in [5.74, 6) is -0.733. The van der Waals surface area contributed by atoms with Crippen molar-refractivity contribution in [3.63, 3.8) is 0 Å². The number of carbonyl (C=O) groups is 1. The van der Waals surface area contributed by atoms with Crippen LogP contribution in [0.15, 0.2) is 47.5 Å². The first-order valence-electron chi connectivity index (χ1n) is 6.77. The van der Waals surface area contributed by atoms with E-state index >= 15 is 0 Å². The Morgan fingerprint density at radius 1 is 1.18 bits per heavy atom. The molecule has 0 radical (unpaired) electrons. The van der Waals surface area contributed by atoms with Crippen molar-refractivity contribution in [1.29, 1.82) is 0 Å². The number of rotatable bonds is 3. The number of carbonyl (C=O) groups excluding carboxylic acids is 1. The second-order valence-corrected chi connectivity index (χ2v) is 4.94. The number of amides is 1. The van der Waals surface area contributed by atoms with Crippen molar-refractivity contribution in [3.8, 4) is 0 Å². The number of aromatic nitrogens is 3. The molecule has 0 aromatic carbocycles. The Morgan fingerprint density at radius 3 is 2.64 bits per heavy atom. The molecule has 3 aromatic rings. The Kier molecular flexibility index (Phi) is 3.42. The van der Waals surface area contributed by atoms with Gasteiger partial charge in [0, 0.05) is 18.1 Å². The van der Waals surface area contributed by atoms with Gasteiger partial charge in [-0.1, -0.05) is 6.07 Å². The van der Waals surface area contributed by atoms with Crippen LogP contribution in [0.5, 0.6) is 0 Å². The van der Waals surface area contributed by atoms with E-state index in [9.17, 15) is 9.59 Å². The molecule has 3 heterocycles. The van der Waals surface area contributed by atoms with E-state index in [1.807, 2.05) is 18.2 Å². The molecule has 1 amide bonds. The number of nitrogens with two attached hydrogens (primary N) is 1. The summed E-state index contributed by atoms with van der Waals surface area (Å²) in [7, 11) is 0. The molecular weight excluding hydrogens is 280 g/mol. The predicted molar refractivity (Wildman–Crippen MR) is 82.6 cm³/mol. The van der Waals surface area contributed by atoms with Crippen LogP contribution < -0.4 is 11.2 Å². The van der Waals surface area contributed by atoms with Crippen molar-refractivity contribution in [1.82, 2.24) is 14.5 Å². The average Bonchev–Trinajstić information content (AvgIpc) is 2.52. The maximum atomic E-state index is 12.4. The van der Waals surface area contributed by atoms with Crippen LogP contribution >= 0.6 is 0 Å². The normalized spacial score (nSPS) is 10.8. The first kappa shape index (κ1) is 13.9. The molecule has 0 saturated carbocycles. The fraction of sp³-hybridized carbons (Fsp3) is 0.125. The molecule has 0 aliphatic rings. The van der Waals surface area contributed by atoms with Crippen LogP contribution in [0.25, 0.3) is 11.0 Å². The molecule has 0 aliphatic heterocycles. The van der Waals surface area contributed by atoms with Crippen molar-refractivity contribution in [2.75, 3.05) is 0 Å². The van der Waals surface area contributed by atoms with Crippen LogP contribution in [-0.2, 0) is 6.54 Å². The van der Waals surface area contributed by atoms with Crippen molar-refractivity contribution in [2.45, 2.75) is 13.5 Å². The number of hydrogen-bond donors (Lipinski definition) is 1. The summed E-state index contributed by atoms with van der Waals surface area (Å²) in [5, 5.41) is 0.373. The van der Waals surface area contributed by atoms with Gasteiger partial charge >= 0.3 is 0 Å². The molecule has 3 rings (SSSR count). The van der Waals surface area contributed by atoms with Gasteiger partial charge in [-0.25, -0.2) is 4.98 Å². The van der Waals surface area contributed by atoms with E-state index in [0.717, 1.165) is 5.69 Å². The summed E-state index contributed by atoms with van der Waals surface area (Å²) in [6.07, 6.45) is 3.30. The molecular formula is C16H14N4O2. The minimum atomic E-state index is -0.733. The predicted octanol–water partition coefficient (Wildman–Crippen LogP) is 1.25. The molecule has 0 saturated heterocycles. The largest absolute Gasteiger partial charge is 0.365 e. The third-order valence-corrected chi connectivity index (χ3v) is 3.57. The maximum absolute atomic E-state index is 12.4. The lowest BCUT2D eigenvalue weighted by Crippen LogP contribution is -2.27. The third-order valence-electron chi connectivity index (χ3n) is 3.57. The third kappa shape index (κ3) is 2.24. The highest BCUT2D eigenvalue weighted by Gasteiger charge is 2.18. The van der Waals surface area contributed by atoms with E-state index in [2.05, 4.69) is 9.97 Å². The average molecular weight is 294 g/mol. The minimum absolute atomic E-state index is 0.00330. The Balaban J connectivity index is 2.33. The summed E-state index contributed by atoms with van der Waals surface area (Å²) in [6.45, 7) is 2.10. The highest BCUT2D eigenvalue weighted by Crippen LogP contribution is 2.15. The van der Waals surface area contributed by atoms with Crippen molar-refractivity contribution >= 4 is 16.9 Å². The van der Waals surface area contributed by atoms with Gasteiger partial charge in [0.05, 0.1) is 17.6 Å². The van der Waals surface area contributed by atoms with Crippen LogP contribution in [0.3, 0.4) is 0 Å². The van der Waals surface area contributed by atoms with Crippen molar-refractivity contribution in [2.24, 2.45) is 5.73 Å². The fourth-order valence-corrected chi connectivity index (χ4v) is 2.52. The van der Waals surface area contributed by atoms with Gasteiger partial charge in [-0.2, -0.15) is 0 Å². The van der Waals surface area contributed by atoms with E-state index in [-0.39, 0.29) is 11.0 Å². The molecule has 0 fully saturated rings. The molecule has 22 heavy (non-hydrogen) atoms. The topological polar surface area (TPSA) is 90.9 Å². The maximum Gasteiger partial charge on any atom is 0.254 e. The first-order valence-corrected chi connectivity index (χ1v) is 6.77. The first-order chi connectivity index (χ1) is 10.6. The summed E-state index contributed by atoms with van der Waals surface area (Å²) in [5.41, 5.74) is 6.80. The summed E-state index contributed by atoms with van der Waals surface area (Å²) in [6, 6.07) is 8.88. The van der Waals surface area contributed by atoms with E-state index < -0.39 is 5.91 Å². The lowest BCUT2D eigenvalue weighted by molar-refractivity contribution is 0.0998. The number of hydrogen-bond acceptors (Lipinski definition) is 4. The van der Waals surface area contributed by atoms with Gasteiger partial charge in [0.15, 0.2) is 0 Å². The molecule has 2 N–H and O–H groups in total. The highest BCUT2D eigenvalue weighted by atomic mass is 16.2. The van der Waals surface area contributed by atoms with Crippen LogP contribution in [0.4, 0.5) is 0 Å². The fourth-order valence-electron chi connectivity index (χ4n) is 2.52. The van der Waals surface area contributed by atoms with Gasteiger partial charge in [-0.3, -0.25) is 14.6 Å². The Morgan fingerprint density at radius 2 is 1.95 bits per heavy atom. The lowest BCUT2D eigenvalue weighted by Gasteiger charge is -2.15. The summed E-state index contributed by atoms with van der Waals surface area (Å²) >= 11 is 0. The zero-order chi connectivity index (χ0) is 15.7. The van der Waals surface area contributed by atoms with Crippen LogP contribution in [-0.4, -0.2) is 20.4 Å². The van der Waals surface area contributed by atoms with Gasteiger partial charge in [-0.15, -0.1) is 0 Å². The van der Waals surface area contributed by atoms with Gasteiger partial charge in [0.25, 0.3) is 5.91 Å². The minimum Gasteiger partial charge on any atom is -0.365 e. The van der Waals surface area contributed by atoms with E-state index in [1.54, 1.807) is 36.0 Å². The molecule has 0 bridgehead atoms. The van der Waals surface area contributed by atoms with E-state index in [4.69, 9.17) is 5.73 Å². The van der Waals surface area contributed by atoms with Crippen LogP contribution in [0.2, 0.25) is 0 Å². The SMILES string of the molecule is Cc1c(C(N)=O)c(=O)c2cccnc2n1Cc1ccccn1. The van der Waals surface area contributed by atoms with Gasteiger partial charge in [0.1, 0.15) is 11.2 Å². The molecule has 6 heteroatoms. The molecule has 0 spiro atoms. The van der Waals surface area contributed by atoms with Crippen LogP contribution in [0.1, 0.15) is 21.7 Å². The van der Waals surface area contributed by atoms with Crippen molar-refractivity contribution in [3.05, 3.63) is 69.9 Å². The second-order valence-electron chi connectivity index (χ2n) is 4.94. The molecule has 3 aromatic heterocycles. The number of primary amides is 1. The molecule has 0 unspecified atom stereocenters. The Hall–Kier alpha value is -3.02. The van der Waals surface area contributed by atoms with Gasteiger partial charge in [0.2, 0.25) is 5.43 Å².